The summed E-state index contributed by atoms with van der Waals surface area (Å²) in [5.74, 6) is -2.27. The Bertz CT molecular complexity index is 896. The van der Waals surface area contributed by atoms with E-state index in [1.54, 1.807) is 24.3 Å². The third kappa shape index (κ3) is 6.09. The SMILES string of the molecule is Cc1sccc1C(CC(=O)O)NC(=O)CNC(=O)c1cccc(NC(=N)N)c1. The molecule has 2 aromatic rings. The van der Waals surface area contributed by atoms with Crippen molar-refractivity contribution in [2.45, 2.75) is 19.4 Å². The largest absolute Gasteiger partial charge is 0.481 e. The minimum atomic E-state index is -1.03. The topological polar surface area (TPSA) is 157 Å². The van der Waals surface area contributed by atoms with Crippen LogP contribution in [0.25, 0.3) is 0 Å². The molecule has 7 N–H and O–H groups in total. The molecule has 0 spiro atoms. The molecule has 1 heterocycles. The Morgan fingerprint density at radius 2 is 2.04 bits per heavy atom. The van der Waals surface area contributed by atoms with E-state index in [4.69, 9.17) is 16.2 Å². The van der Waals surface area contributed by atoms with Crippen molar-refractivity contribution >= 4 is 40.8 Å². The number of hydrogen-bond acceptors (Lipinski definition) is 5. The number of carbonyl (C=O) groups is 3. The molecule has 1 aromatic carbocycles. The second kappa shape index (κ2) is 9.51. The lowest BCUT2D eigenvalue weighted by Crippen LogP contribution is -2.39. The van der Waals surface area contributed by atoms with E-state index in [1.165, 1.54) is 17.4 Å². The Labute approximate surface area is 165 Å². The molecule has 1 unspecified atom stereocenters. The Balaban J connectivity index is 1.96. The van der Waals surface area contributed by atoms with Gasteiger partial charge in [0.1, 0.15) is 0 Å². The summed E-state index contributed by atoms with van der Waals surface area (Å²) in [5.41, 5.74) is 6.76. The highest BCUT2D eigenvalue weighted by Crippen LogP contribution is 2.25. The van der Waals surface area contributed by atoms with Gasteiger partial charge in [0.05, 0.1) is 19.0 Å². The lowest BCUT2D eigenvalue weighted by molar-refractivity contribution is -0.137. The van der Waals surface area contributed by atoms with Gasteiger partial charge in [0.2, 0.25) is 5.91 Å². The van der Waals surface area contributed by atoms with Crippen molar-refractivity contribution in [3.63, 3.8) is 0 Å². The molecule has 0 aliphatic heterocycles. The molecule has 0 radical (unpaired) electrons. The van der Waals surface area contributed by atoms with Gasteiger partial charge in [-0.3, -0.25) is 19.8 Å². The third-order valence-corrected chi connectivity index (χ3v) is 4.66. The number of benzene rings is 1. The number of amides is 2. The maximum atomic E-state index is 12.2. The van der Waals surface area contributed by atoms with Crippen LogP contribution in [0, 0.1) is 12.3 Å². The van der Waals surface area contributed by atoms with Crippen LogP contribution in [0.4, 0.5) is 5.69 Å². The van der Waals surface area contributed by atoms with Crippen molar-refractivity contribution in [1.82, 2.24) is 10.6 Å². The van der Waals surface area contributed by atoms with Crippen LogP contribution in [0.3, 0.4) is 0 Å². The van der Waals surface area contributed by atoms with Crippen molar-refractivity contribution in [3.8, 4) is 0 Å². The fourth-order valence-corrected chi connectivity index (χ4v) is 3.34. The van der Waals surface area contributed by atoms with Gasteiger partial charge in [-0.15, -0.1) is 11.3 Å². The lowest BCUT2D eigenvalue weighted by atomic mass is 10.1. The second-order valence-corrected chi connectivity index (χ2v) is 7.07. The van der Waals surface area contributed by atoms with Gasteiger partial charge in [0.25, 0.3) is 5.91 Å². The quantitative estimate of drug-likeness (QED) is 0.289. The zero-order chi connectivity index (χ0) is 20.7. The average Bonchev–Trinajstić information content (AvgIpc) is 3.04. The summed E-state index contributed by atoms with van der Waals surface area (Å²) < 4.78 is 0. The summed E-state index contributed by atoms with van der Waals surface area (Å²) in [7, 11) is 0. The molecule has 0 saturated heterocycles. The maximum absolute atomic E-state index is 12.2. The number of rotatable bonds is 8. The normalized spacial score (nSPS) is 11.3. The number of carboxylic acids is 1. The number of aliphatic carboxylic acids is 1. The van der Waals surface area contributed by atoms with E-state index < -0.39 is 23.8 Å². The van der Waals surface area contributed by atoms with Crippen molar-refractivity contribution in [2.24, 2.45) is 5.73 Å². The van der Waals surface area contributed by atoms with Gasteiger partial charge >= 0.3 is 5.97 Å². The highest BCUT2D eigenvalue weighted by Gasteiger charge is 2.20. The van der Waals surface area contributed by atoms with Gasteiger partial charge in [0, 0.05) is 16.1 Å². The molecule has 2 amide bonds. The predicted octanol–water partition coefficient (Wildman–Crippen LogP) is 1.42. The van der Waals surface area contributed by atoms with Crippen LogP contribution in [-0.2, 0) is 9.59 Å². The van der Waals surface area contributed by atoms with E-state index in [2.05, 4.69) is 16.0 Å². The molecule has 0 saturated carbocycles. The number of aryl methyl sites for hydroxylation is 1. The fourth-order valence-electron chi connectivity index (χ4n) is 2.57. The lowest BCUT2D eigenvalue weighted by Gasteiger charge is -2.17. The Morgan fingerprint density at radius 3 is 2.64 bits per heavy atom. The van der Waals surface area contributed by atoms with E-state index in [1.807, 2.05) is 12.3 Å². The van der Waals surface area contributed by atoms with E-state index >= 15 is 0 Å². The van der Waals surface area contributed by atoms with Gasteiger partial charge in [-0.05, 0) is 42.1 Å². The third-order valence-electron chi connectivity index (χ3n) is 3.80. The van der Waals surface area contributed by atoms with Crippen molar-refractivity contribution in [1.29, 1.82) is 5.41 Å². The summed E-state index contributed by atoms with van der Waals surface area (Å²) >= 11 is 1.46. The first kappa shape index (κ1) is 20.9. The molecule has 0 bridgehead atoms. The molecular weight excluding hydrogens is 382 g/mol. The van der Waals surface area contributed by atoms with Gasteiger partial charge < -0.3 is 26.8 Å². The Morgan fingerprint density at radius 1 is 1.29 bits per heavy atom. The van der Waals surface area contributed by atoms with Crippen molar-refractivity contribution in [2.75, 3.05) is 11.9 Å². The highest BCUT2D eigenvalue weighted by atomic mass is 32.1. The number of nitrogens with two attached hydrogens (primary N) is 1. The molecule has 148 valence electrons. The molecule has 1 aromatic heterocycles. The molecule has 0 aliphatic rings. The fraction of sp³-hybridized carbons (Fsp3) is 0.222. The van der Waals surface area contributed by atoms with Gasteiger partial charge in [-0.2, -0.15) is 0 Å². The first-order valence-electron chi connectivity index (χ1n) is 8.30. The second-order valence-electron chi connectivity index (χ2n) is 5.95. The van der Waals surface area contributed by atoms with Gasteiger partial charge in [-0.25, -0.2) is 0 Å². The van der Waals surface area contributed by atoms with E-state index in [9.17, 15) is 14.4 Å². The van der Waals surface area contributed by atoms with Crippen molar-refractivity contribution in [3.05, 3.63) is 51.7 Å². The van der Waals surface area contributed by atoms with Crippen LogP contribution in [0.2, 0.25) is 0 Å². The molecule has 2 rings (SSSR count). The highest BCUT2D eigenvalue weighted by molar-refractivity contribution is 7.10. The molecule has 9 nitrogen and oxygen atoms in total. The number of carboxylic acid groups (broad SMARTS) is 1. The number of guanidine groups is 1. The number of hydrogen-bond donors (Lipinski definition) is 6. The number of carbonyl (C=O) groups excluding carboxylic acids is 2. The number of anilines is 1. The van der Waals surface area contributed by atoms with Gasteiger partial charge in [-0.1, -0.05) is 6.07 Å². The van der Waals surface area contributed by atoms with E-state index in [0.717, 1.165) is 10.4 Å². The van der Waals surface area contributed by atoms with Crippen LogP contribution < -0.4 is 21.7 Å². The van der Waals surface area contributed by atoms with Crippen LogP contribution in [0.15, 0.2) is 35.7 Å². The first-order valence-corrected chi connectivity index (χ1v) is 9.18. The average molecular weight is 403 g/mol. The summed E-state index contributed by atoms with van der Waals surface area (Å²) in [6.07, 6.45) is -0.254. The molecule has 10 heteroatoms. The summed E-state index contributed by atoms with van der Waals surface area (Å²) in [6, 6.07) is 7.42. The molecule has 0 fully saturated rings. The zero-order valence-electron chi connectivity index (χ0n) is 15.1. The summed E-state index contributed by atoms with van der Waals surface area (Å²) in [4.78, 5) is 36.5. The minimum Gasteiger partial charge on any atom is -0.481 e. The van der Waals surface area contributed by atoms with Crippen LogP contribution in [0.5, 0.6) is 0 Å². The van der Waals surface area contributed by atoms with Crippen molar-refractivity contribution < 1.29 is 19.5 Å². The van der Waals surface area contributed by atoms with Crippen LogP contribution in [-0.4, -0.2) is 35.4 Å². The number of thiophene rings is 1. The van der Waals surface area contributed by atoms with E-state index in [-0.39, 0.29) is 24.5 Å². The molecule has 1 atom stereocenters. The zero-order valence-corrected chi connectivity index (χ0v) is 15.9. The van der Waals surface area contributed by atoms with Gasteiger partial charge in [0.15, 0.2) is 5.96 Å². The molecule has 28 heavy (non-hydrogen) atoms. The first-order chi connectivity index (χ1) is 13.3. The smallest absolute Gasteiger partial charge is 0.305 e. The minimum absolute atomic E-state index is 0.254. The molecule has 0 aliphatic carbocycles. The Hall–Kier alpha value is -3.40. The predicted molar refractivity (Wildman–Crippen MR) is 107 cm³/mol. The van der Waals surface area contributed by atoms with E-state index in [0.29, 0.717) is 5.69 Å². The summed E-state index contributed by atoms with van der Waals surface area (Å²) in [6.45, 7) is 1.55. The molecular formula is C18H21N5O4S. The van der Waals surface area contributed by atoms with Crippen LogP contribution in [0.1, 0.15) is 33.3 Å². The monoisotopic (exact) mass is 403 g/mol. The maximum Gasteiger partial charge on any atom is 0.305 e. The number of nitrogens with one attached hydrogen (secondary N) is 4. The Kier molecular flexibility index (Phi) is 7.10. The van der Waals surface area contributed by atoms with Crippen LogP contribution >= 0.6 is 11.3 Å². The standard InChI is InChI=1S/C18H21N5O4S/c1-10-13(5-6-28-10)14(8-16(25)26)23-15(24)9-21-17(27)11-3-2-4-12(7-11)22-18(19)20/h2-7,14H,8-9H2,1H3,(H,21,27)(H,23,24)(H,25,26)(H4,19,20,22). The summed E-state index contributed by atoms with van der Waals surface area (Å²) in [5, 5.41) is 25.8.